The highest BCUT2D eigenvalue weighted by molar-refractivity contribution is 7.85. The summed E-state index contributed by atoms with van der Waals surface area (Å²) in [6, 6.07) is 7.71. The third kappa shape index (κ3) is 4.99. The average molecular weight is 229 g/mol. The van der Waals surface area contributed by atoms with Crippen LogP contribution in [0.15, 0.2) is 30.3 Å². The summed E-state index contributed by atoms with van der Waals surface area (Å²) >= 11 is 0. The monoisotopic (exact) mass is 229 g/mol. The summed E-state index contributed by atoms with van der Waals surface area (Å²) < 4.78 is 30.6. The topological polar surface area (TPSA) is 98.3 Å². The van der Waals surface area contributed by atoms with Crippen LogP contribution in [0.2, 0.25) is 0 Å². The average Bonchev–Trinajstić information content (AvgIpc) is 2.15. The lowest BCUT2D eigenvalue weighted by molar-refractivity contribution is 0.253. The number of nitrogens with one attached hydrogen (secondary N) is 2. The van der Waals surface area contributed by atoms with Gasteiger partial charge in [-0.15, -0.1) is 0 Å². The van der Waals surface area contributed by atoms with Gasteiger partial charge in [0.1, 0.15) is 16.0 Å². The summed E-state index contributed by atoms with van der Waals surface area (Å²) in [5, 5.41) is 4.28. The second-order valence-electron chi connectivity index (χ2n) is 2.70. The fourth-order valence-electron chi connectivity index (χ4n) is 0.851. The van der Waals surface area contributed by atoms with Crippen molar-refractivity contribution in [3.63, 3.8) is 0 Å². The standard InChI is InChI=1S/C8H10N2O4S/c11-8(9-6-15(12,13)14)10-7-4-2-1-3-5-7/h1-5H,6H2,(H2,9,10,11)(H,12,13,14)/p-1. The Morgan fingerprint density at radius 1 is 1.27 bits per heavy atom. The molecule has 0 unspecified atom stereocenters. The zero-order chi connectivity index (χ0) is 11.3. The number of hydrogen-bond donors (Lipinski definition) is 2. The van der Waals surface area contributed by atoms with Gasteiger partial charge in [-0.3, -0.25) is 0 Å². The van der Waals surface area contributed by atoms with Crippen LogP contribution < -0.4 is 10.6 Å². The quantitative estimate of drug-likeness (QED) is 0.729. The second-order valence-corrected chi connectivity index (χ2v) is 4.10. The van der Waals surface area contributed by atoms with Gasteiger partial charge < -0.3 is 15.2 Å². The zero-order valence-electron chi connectivity index (χ0n) is 7.64. The predicted molar refractivity (Wildman–Crippen MR) is 53.2 cm³/mol. The Morgan fingerprint density at radius 2 is 1.87 bits per heavy atom. The molecule has 0 aliphatic carbocycles. The SMILES string of the molecule is O=C(NCS(=O)(=O)[O-])Nc1ccccc1. The summed E-state index contributed by atoms with van der Waals surface area (Å²) in [5.41, 5.74) is 0.512. The van der Waals surface area contributed by atoms with E-state index < -0.39 is 22.0 Å². The van der Waals surface area contributed by atoms with Gasteiger partial charge in [-0.25, -0.2) is 13.2 Å². The van der Waals surface area contributed by atoms with E-state index in [4.69, 9.17) is 0 Å². The fourth-order valence-corrected chi connectivity index (χ4v) is 1.16. The summed E-state index contributed by atoms with van der Waals surface area (Å²) in [7, 11) is -4.43. The maximum Gasteiger partial charge on any atom is 0.320 e. The number of amides is 2. The van der Waals surface area contributed by atoms with Gasteiger partial charge in [0.2, 0.25) is 0 Å². The number of carbonyl (C=O) groups is 1. The van der Waals surface area contributed by atoms with Crippen LogP contribution in [0, 0.1) is 0 Å². The molecule has 0 aromatic heterocycles. The minimum absolute atomic E-state index is 0.512. The van der Waals surface area contributed by atoms with Gasteiger partial charge in [-0.2, -0.15) is 0 Å². The van der Waals surface area contributed by atoms with E-state index in [1.54, 1.807) is 30.3 Å². The lowest BCUT2D eigenvalue weighted by Crippen LogP contribution is -2.33. The number of benzene rings is 1. The van der Waals surface area contributed by atoms with E-state index >= 15 is 0 Å². The highest BCUT2D eigenvalue weighted by atomic mass is 32.2. The van der Waals surface area contributed by atoms with Gasteiger partial charge in [-0.1, -0.05) is 18.2 Å². The Balaban J connectivity index is 2.44. The molecule has 6 nitrogen and oxygen atoms in total. The van der Waals surface area contributed by atoms with Crippen LogP contribution in [0.1, 0.15) is 0 Å². The molecule has 0 atom stereocenters. The Labute approximate surface area is 87.1 Å². The molecule has 0 saturated carbocycles. The molecule has 82 valence electrons. The molecule has 0 bridgehead atoms. The fraction of sp³-hybridized carbons (Fsp3) is 0.125. The smallest absolute Gasteiger partial charge is 0.320 e. The maximum atomic E-state index is 11.0. The molecule has 1 aromatic carbocycles. The first-order chi connectivity index (χ1) is 6.97. The third-order valence-electron chi connectivity index (χ3n) is 1.44. The first-order valence-electron chi connectivity index (χ1n) is 4.01. The highest BCUT2D eigenvalue weighted by Gasteiger charge is 2.02. The molecule has 0 spiro atoms. The largest absolute Gasteiger partial charge is 0.747 e. The van der Waals surface area contributed by atoms with Crippen LogP contribution in [0.3, 0.4) is 0 Å². The van der Waals surface area contributed by atoms with Crippen LogP contribution >= 0.6 is 0 Å². The van der Waals surface area contributed by atoms with Crippen molar-refractivity contribution in [2.24, 2.45) is 0 Å². The van der Waals surface area contributed by atoms with E-state index in [2.05, 4.69) is 5.32 Å². The van der Waals surface area contributed by atoms with Crippen LogP contribution in [0.25, 0.3) is 0 Å². The minimum atomic E-state index is -4.43. The van der Waals surface area contributed by atoms with Crippen molar-refractivity contribution < 1.29 is 17.8 Å². The number of hydrogen-bond acceptors (Lipinski definition) is 4. The molecular formula is C8H9N2O4S-. The van der Waals surface area contributed by atoms with E-state index in [1.807, 2.05) is 5.32 Å². The number of anilines is 1. The van der Waals surface area contributed by atoms with Crippen LogP contribution in [0.5, 0.6) is 0 Å². The van der Waals surface area contributed by atoms with Crippen LogP contribution in [-0.4, -0.2) is 24.9 Å². The van der Waals surface area contributed by atoms with E-state index in [0.29, 0.717) is 5.69 Å². The molecule has 7 heteroatoms. The van der Waals surface area contributed by atoms with Gasteiger partial charge in [-0.05, 0) is 12.1 Å². The molecule has 0 aliphatic rings. The molecule has 0 heterocycles. The Kier molecular flexibility index (Phi) is 3.64. The van der Waals surface area contributed by atoms with E-state index in [0.717, 1.165) is 0 Å². The van der Waals surface area contributed by atoms with E-state index in [9.17, 15) is 17.8 Å². The number of carbonyl (C=O) groups excluding carboxylic acids is 1. The molecule has 0 fully saturated rings. The summed E-state index contributed by atoms with van der Waals surface area (Å²) in [6.07, 6.45) is 0. The van der Waals surface area contributed by atoms with Crippen molar-refractivity contribution in [1.29, 1.82) is 0 Å². The molecule has 2 amide bonds. The summed E-state index contributed by atoms with van der Waals surface area (Å²) in [6.45, 7) is 0. The summed E-state index contributed by atoms with van der Waals surface area (Å²) in [4.78, 5) is 11.0. The number of rotatable bonds is 3. The van der Waals surface area contributed by atoms with Crippen molar-refractivity contribution in [2.75, 3.05) is 11.2 Å². The molecular weight excluding hydrogens is 220 g/mol. The van der Waals surface area contributed by atoms with Crippen LogP contribution in [-0.2, 0) is 10.1 Å². The van der Waals surface area contributed by atoms with Crippen molar-refractivity contribution in [1.82, 2.24) is 5.32 Å². The van der Waals surface area contributed by atoms with Crippen molar-refractivity contribution in [2.45, 2.75) is 0 Å². The molecule has 0 saturated heterocycles. The van der Waals surface area contributed by atoms with E-state index in [-0.39, 0.29) is 0 Å². The lowest BCUT2D eigenvalue weighted by atomic mass is 10.3. The molecule has 15 heavy (non-hydrogen) atoms. The minimum Gasteiger partial charge on any atom is -0.747 e. The van der Waals surface area contributed by atoms with Gasteiger partial charge >= 0.3 is 6.03 Å². The predicted octanol–water partition coefficient (Wildman–Crippen LogP) is 0.311. The number of urea groups is 1. The zero-order valence-corrected chi connectivity index (χ0v) is 8.45. The molecule has 1 rings (SSSR count). The van der Waals surface area contributed by atoms with Crippen molar-refractivity contribution in [3.8, 4) is 0 Å². The van der Waals surface area contributed by atoms with Gasteiger partial charge in [0, 0.05) is 5.69 Å². The van der Waals surface area contributed by atoms with Crippen molar-refractivity contribution >= 4 is 21.8 Å². The van der Waals surface area contributed by atoms with E-state index in [1.165, 1.54) is 0 Å². The lowest BCUT2D eigenvalue weighted by Gasteiger charge is -2.09. The first-order valence-corrected chi connectivity index (χ1v) is 5.58. The number of para-hydroxylation sites is 1. The maximum absolute atomic E-state index is 11.0. The third-order valence-corrected chi connectivity index (χ3v) is 1.94. The molecule has 0 radical (unpaired) electrons. The Hall–Kier alpha value is -1.60. The molecule has 0 aliphatic heterocycles. The highest BCUT2D eigenvalue weighted by Crippen LogP contribution is 2.03. The normalized spacial score (nSPS) is 10.7. The Bertz CT molecular complexity index is 429. The second kappa shape index (κ2) is 4.76. The first kappa shape index (κ1) is 11.5. The Morgan fingerprint density at radius 3 is 2.40 bits per heavy atom. The van der Waals surface area contributed by atoms with Crippen LogP contribution in [0.4, 0.5) is 10.5 Å². The van der Waals surface area contributed by atoms with Gasteiger partial charge in [0.25, 0.3) is 0 Å². The van der Waals surface area contributed by atoms with Gasteiger partial charge in [0.15, 0.2) is 0 Å². The van der Waals surface area contributed by atoms with Gasteiger partial charge in [0.05, 0.1) is 0 Å². The molecule has 2 N–H and O–H groups in total. The summed E-state index contributed by atoms with van der Waals surface area (Å²) in [5.74, 6) is -0.925. The molecule has 1 aromatic rings. The van der Waals surface area contributed by atoms with Crippen molar-refractivity contribution in [3.05, 3.63) is 30.3 Å².